The van der Waals surface area contributed by atoms with Crippen LogP contribution in [0.5, 0.6) is 34.5 Å². The van der Waals surface area contributed by atoms with Crippen LogP contribution >= 0.6 is 0 Å². The first-order valence-electron chi connectivity index (χ1n) is 13.2. The van der Waals surface area contributed by atoms with Gasteiger partial charge in [0.15, 0.2) is 11.4 Å². The first kappa shape index (κ1) is 27.9. The van der Waals surface area contributed by atoms with E-state index in [-0.39, 0.29) is 33.9 Å². The second kappa shape index (κ2) is 10.5. The van der Waals surface area contributed by atoms with E-state index >= 15 is 0 Å². The van der Waals surface area contributed by atoms with Crippen LogP contribution in [0.1, 0.15) is 53.3 Å². The number of phenols is 4. The molecule has 0 saturated carbocycles. The number of benzene rings is 5. The SMILES string of the molecule is O=C(O)c1ccccc1C(=O)c1ccc(O)cc1O.O=C1OC2(c3ccc(O)cc3Oc3cc(O)ccc32)c2ccccc21. The van der Waals surface area contributed by atoms with E-state index in [1.807, 2.05) is 12.1 Å². The highest BCUT2D eigenvalue weighted by Crippen LogP contribution is 2.56. The topological polar surface area (TPSA) is 171 Å². The molecule has 0 radical (unpaired) electrons. The van der Waals surface area contributed by atoms with Gasteiger partial charge in [0.2, 0.25) is 0 Å². The quantitative estimate of drug-likeness (QED) is 0.130. The zero-order chi connectivity index (χ0) is 31.2. The van der Waals surface area contributed by atoms with E-state index in [4.69, 9.17) is 19.7 Å². The third-order valence-corrected chi connectivity index (χ3v) is 7.31. The first-order chi connectivity index (χ1) is 21.1. The number of carbonyl (C=O) groups is 3. The molecule has 2 heterocycles. The van der Waals surface area contributed by atoms with Crippen molar-refractivity contribution in [2.45, 2.75) is 5.60 Å². The van der Waals surface area contributed by atoms with E-state index in [2.05, 4.69) is 0 Å². The number of esters is 1. The van der Waals surface area contributed by atoms with Gasteiger partial charge in [-0.3, -0.25) is 4.79 Å². The smallest absolute Gasteiger partial charge is 0.340 e. The van der Waals surface area contributed by atoms with E-state index in [9.17, 15) is 29.7 Å². The summed E-state index contributed by atoms with van der Waals surface area (Å²) in [6.45, 7) is 0. The Morgan fingerprint density at radius 3 is 1.75 bits per heavy atom. The second-order valence-corrected chi connectivity index (χ2v) is 9.96. The van der Waals surface area contributed by atoms with Gasteiger partial charge in [0, 0.05) is 40.5 Å². The number of aromatic carboxylic acids is 1. The molecule has 0 aromatic heterocycles. The highest BCUT2D eigenvalue weighted by molar-refractivity contribution is 6.15. The number of carboxylic acids is 1. The fourth-order valence-electron chi connectivity index (χ4n) is 5.38. The number of aromatic hydroxyl groups is 4. The number of hydrogen-bond donors (Lipinski definition) is 5. The van der Waals surface area contributed by atoms with Crippen molar-refractivity contribution in [2.24, 2.45) is 0 Å². The molecule has 10 heteroatoms. The largest absolute Gasteiger partial charge is 0.508 e. The monoisotopic (exact) mass is 590 g/mol. The zero-order valence-electron chi connectivity index (χ0n) is 22.6. The van der Waals surface area contributed by atoms with Crippen molar-refractivity contribution in [1.82, 2.24) is 0 Å². The van der Waals surface area contributed by atoms with Crippen molar-refractivity contribution in [2.75, 3.05) is 0 Å². The maximum atomic E-state index is 12.5. The predicted molar refractivity (Wildman–Crippen MR) is 155 cm³/mol. The predicted octanol–water partition coefficient (Wildman–Crippen LogP) is 5.69. The number of hydrogen-bond acceptors (Lipinski definition) is 9. The Kier molecular flexibility index (Phi) is 6.66. The standard InChI is InChI=1S/C20H12O5.C14H10O5/c21-11-5-7-15-17(9-11)24-18-10-12(22)6-8-16(18)20(15)14-4-2-1-3-13(14)19(23)25-20;15-8-5-6-11(12(16)7-8)13(17)9-3-1-2-4-10(9)14(18)19/h1-10,21-22H;1-7,15-16H,(H,18,19). The molecule has 2 aliphatic rings. The molecule has 0 unspecified atom stereocenters. The van der Waals surface area contributed by atoms with Gasteiger partial charge in [-0.05, 0) is 48.5 Å². The summed E-state index contributed by atoms with van der Waals surface area (Å²) >= 11 is 0. The molecule has 5 N–H and O–H groups in total. The molecule has 7 rings (SSSR count). The maximum absolute atomic E-state index is 12.5. The van der Waals surface area contributed by atoms with E-state index in [1.165, 1.54) is 60.7 Å². The Morgan fingerprint density at radius 2 is 1.14 bits per heavy atom. The minimum Gasteiger partial charge on any atom is -0.508 e. The maximum Gasteiger partial charge on any atom is 0.340 e. The summed E-state index contributed by atoms with van der Waals surface area (Å²) in [7, 11) is 0. The van der Waals surface area contributed by atoms with Crippen molar-refractivity contribution in [3.63, 3.8) is 0 Å². The van der Waals surface area contributed by atoms with Crippen LogP contribution in [0.15, 0.2) is 103 Å². The van der Waals surface area contributed by atoms with Gasteiger partial charge < -0.3 is 35.0 Å². The molecule has 0 aliphatic carbocycles. The number of carboxylic acid groups (broad SMARTS) is 1. The molecular formula is C34H22O10. The lowest BCUT2D eigenvalue weighted by molar-refractivity contribution is 0.0224. The number of rotatable bonds is 3. The zero-order valence-corrected chi connectivity index (χ0v) is 22.6. The Balaban J connectivity index is 0.000000163. The average Bonchev–Trinajstić information content (AvgIpc) is 3.29. The molecule has 1 spiro atoms. The van der Waals surface area contributed by atoms with Crippen LogP contribution in [-0.4, -0.2) is 43.3 Å². The first-order valence-corrected chi connectivity index (χ1v) is 13.2. The highest BCUT2D eigenvalue weighted by Gasteiger charge is 2.53. The normalized spacial score (nSPS) is 13.3. The van der Waals surface area contributed by atoms with Crippen LogP contribution in [0.25, 0.3) is 0 Å². The molecule has 0 amide bonds. The summed E-state index contributed by atoms with van der Waals surface area (Å²) in [6.07, 6.45) is 0. The van der Waals surface area contributed by atoms with Crippen LogP contribution in [0, 0.1) is 0 Å². The van der Waals surface area contributed by atoms with Gasteiger partial charge in [-0.1, -0.05) is 36.4 Å². The summed E-state index contributed by atoms with van der Waals surface area (Å²) in [5.74, 6) is -2.01. The van der Waals surface area contributed by atoms with Crippen LogP contribution in [0.4, 0.5) is 0 Å². The minimum atomic E-state index is -1.22. The van der Waals surface area contributed by atoms with Gasteiger partial charge in [0.1, 0.15) is 34.5 Å². The van der Waals surface area contributed by atoms with Gasteiger partial charge in [-0.15, -0.1) is 0 Å². The Labute approximate surface area is 249 Å². The van der Waals surface area contributed by atoms with Crippen LogP contribution < -0.4 is 4.74 Å². The summed E-state index contributed by atoms with van der Waals surface area (Å²) in [6, 6.07) is 25.8. The highest BCUT2D eigenvalue weighted by atomic mass is 16.6. The lowest BCUT2D eigenvalue weighted by Crippen LogP contribution is -2.32. The summed E-state index contributed by atoms with van der Waals surface area (Å²) in [5.41, 5.74) is 1.06. The molecule has 0 saturated heterocycles. The van der Waals surface area contributed by atoms with E-state index in [0.717, 1.165) is 6.07 Å². The summed E-state index contributed by atoms with van der Waals surface area (Å²) < 4.78 is 11.8. The minimum absolute atomic E-state index is 0.0176. The van der Waals surface area contributed by atoms with Crippen molar-refractivity contribution in [1.29, 1.82) is 0 Å². The Morgan fingerprint density at radius 1 is 0.591 bits per heavy atom. The van der Waals surface area contributed by atoms with Gasteiger partial charge in [0.25, 0.3) is 0 Å². The molecule has 10 nitrogen and oxygen atoms in total. The number of ether oxygens (including phenoxy) is 2. The fraction of sp³-hybridized carbons (Fsp3) is 0.0294. The van der Waals surface area contributed by atoms with Crippen molar-refractivity contribution in [3.05, 3.63) is 142 Å². The number of carbonyl (C=O) groups excluding carboxylic acids is 2. The summed E-state index contributed by atoms with van der Waals surface area (Å²) in [5, 5.41) is 47.5. The van der Waals surface area contributed by atoms with Crippen LogP contribution in [0.2, 0.25) is 0 Å². The van der Waals surface area contributed by atoms with Crippen molar-refractivity contribution < 1.29 is 49.4 Å². The van der Waals surface area contributed by atoms with Gasteiger partial charge in [0.05, 0.1) is 16.7 Å². The third kappa shape index (κ3) is 4.51. The Hall–Kier alpha value is -6.29. The lowest BCUT2D eigenvalue weighted by atomic mass is 9.77. The molecule has 218 valence electrons. The molecule has 44 heavy (non-hydrogen) atoms. The fourth-order valence-corrected chi connectivity index (χ4v) is 5.38. The molecule has 2 aliphatic heterocycles. The van der Waals surface area contributed by atoms with Gasteiger partial charge >= 0.3 is 11.9 Å². The number of fused-ring (bicyclic) bond motifs is 6. The van der Waals surface area contributed by atoms with E-state index < -0.39 is 29.1 Å². The third-order valence-electron chi connectivity index (χ3n) is 7.31. The average molecular weight is 591 g/mol. The molecule has 0 atom stereocenters. The molecule has 5 aromatic rings. The van der Waals surface area contributed by atoms with E-state index in [0.29, 0.717) is 33.8 Å². The number of ketones is 1. The summed E-state index contributed by atoms with van der Waals surface area (Å²) in [4.78, 5) is 35.8. The molecule has 0 bridgehead atoms. The second-order valence-electron chi connectivity index (χ2n) is 9.96. The van der Waals surface area contributed by atoms with Crippen molar-refractivity contribution in [3.8, 4) is 34.5 Å². The molecular weight excluding hydrogens is 568 g/mol. The van der Waals surface area contributed by atoms with Crippen molar-refractivity contribution >= 4 is 17.7 Å². The lowest BCUT2D eigenvalue weighted by Gasteiger charge is -2.36. The van der Waals surface area contributed by atoms with Gasteiger partial charge in [-0.25, -0.2) is 9.59 Å². The van der Waals surface area contributed by atoms with Gasteiger partial charge in [-0.2, -0.15) is 0 Å². The van der Waals surface area contributed by atoms with E-state index in [1.54, 1.807) is 24.3 Å². The van der Waals surface area contributed by atoms with Crippen LogP contribution in [0.3, 0.4) is 0 Å². The number of phenolic OH excluding ortho intramolecular Hbond substituents is 4. The molecule has 0 fully saturated rings. The van der Waals surface area contributed by atoms with Crippen LogP contribution in [-0.2, 0) is 10.3 Å². The molecule has 5 aromatic carbocycles. The Bertz CT molecular complexity index is 1940.